The zero-order valence-electron chi connectivity index (χ0n) is 15.4. The Morgan fingerprint density at radius 1 is 0.929 bits per heavy atom. The second-order valence-corrected chi connectivity index (χ2v) is 7.00. The van der Waals surface area contributed by atoms with Crippen LogP contribution in [0.3, 0.4) is 0 Å². The van der Waals surface area contributed by atoms with Crippen molar-refractivity contribution >= 4 is 0 Å². The third-order valence-electron chi connectivity index (χ3n) is 4.86. The highest BCUT2D eigenvalue weighted by atomic mass is 19.4. The first-order chi connectivity index (χ1) is 13.0. The highest BCUT2D eigenvalue weighted by molar-refractivity contribution is 5.37. The summed E-state index contributed by atoms with van der Waals surface area (Å²) in [4.78, 5) is 0. The summed E-state index contributed by atoms with van der Waals surface area (Å²) >= 11 is 0. The Balaban J connectivity index is 2.09. The summed E-state index contributed by atoms with van der Waals surface area (Å²) in [6.45, 7) is 2.52. The van der Waals surface area contributed by atoms with E-state index < -0.39 is 41.3 Å². The first-order valence-electron chi connectivity index (χ1n) is 9.16. The van der Waals surface area contributed by atoms with Gasteiger partial charge in [-0.15, -0.1) is 0 Å². The molecule has 1 aliphatic carbocycles. The van der Waals surface area contributed by atoms with Gasteiger partial charge in [-0.25, -0.2) is 4.39 Å². The summed E-state index contributed by atoms with van der Waals surface area (Å²) in [7, 11) is 0. The summed E-state index contributed by atoms with van der Waals surface area (Å²) in [5.41, 5.74) is -2.92. The number of halogens is 7. The minimum atomic E-state index is -4.95. The van der Waals surface area contributed by atoms with Gasteiger partial charge in [0.15, 0.2) is 0 Å². The Labute approximate surface area is 159 Å². The van der Waals surface area contributed by atoms with Gasteiger partial charge in [0.2, 0.25) is 0 Å². The van der Waals surface area contributed by atoms with Gasteiger partial charge in [-0.1, -0.05) is 13.3 Å². The van der Waals surface area contributed by atoms with Crippen LogP contribution in [0.5, 0.6) is 5.75 Å². The van der Waals surface area contributed by atoms with E-state index in [1.165, 1.54) is 0 Å². The fourth-order valence-corrected chi connectivity index (χ4v) is 3.23. The molecule has 0 radical (unpaired) electrons. The van der Waals surface area contributed by atoms with Gasteiger partial charge in [-0.2, -0.15) is 26.3 Å². The molecule has 0 aliphatic heterocycles. The van der Waals surface area contributed by atoms with Gasteiger partial charge >= 0.3 is 12.4 Å². The summed E-state index contributed by atoms with van der Waals surface area (Å²) in [5, 5.41) is 0. The van der Waals surface area contributed by atoms with E-state index in [9.17, 15) is 30.7 Å². The normalized spacial score (nSPS) is 23.2. The van der Waals surface area contributed by atoms with Crippen molar-refractivity contribution in [3.63, 3.8) is 0 Å². The van der Waals surface area contributed by atoms with Crippen LogP contribution in [0.1, 0.15) is 43.7 Å². The van der Waals surface area contributed by atoms with Gasteiger partial charge in [-0.3, -0.25) is 0 Å². The molecule has 1 aromatic rings. The minimum absolute atomic E-state index is 0.0325. The average molecular weight is 416 g/mol. The number of benzene rings is 1. The molecule has 160 valence electrons. The second-order valence-electron chi connectivity index (χ2n) is 7.00. The number of hydrogen-bond acceptors (Lipinski definition) is 2. The predicted octanol–water partition coefficient (Wildman–Crippen LogP) is 6.28. The molecule has 0 N–H and O–H groups in total. The number of hydrogen-bond donors (Lipinski definition) is 0. The molecule has 1 aromatic carbocycles. The van der Waals surface area contributed by atoms with E-state index in [4.69, 9.17) is 9.47 Å². The molecule has 2 nitrogen and oxygen atoms in total. The fraction of sp³-hybridized carbons (Fsp3) is 0.684. The third kappa shape index (κ3) is 6.25. The molecule has 0 amide bonds. The van der Waals surface area contributed by atoms with Crippen molar-refractivity contribution in [1.29, 1.82) is 0 Å². The quantitative estimate of drug-likeness (QED) is 0.367. The molecule has 1 fully saturated rings. The molecule has 1 aliphatic rings. The Bertz CT molecular complexity index is 595. The summed E-state index contributed by atoms with van der Waals surface area (Å²) < 4.78 is 102. The van der Waals surface area contributed by atoms with Crippen molar-refractivity contribution in [1.82, 2.24) is 0 Å². The van der Waals surface area contributed by atoms with Crippen LogP contribution in [-0.2, 0) is 17.1 Å². The maximum Gasteiger partial charge on any atom is 0.416 e. The molecule has 2 rings (SSSR count). The van der Waals surface area contributed by atoms with E-state index in [-0.39, 0.29) is 25.0 Å². The first kappa shape index (κ1) is 22.8. The van der Waals surface area contributed by atoms with Crippen molar-refractivity contribution in [3.05, 3.63) is 29.3 Å². The van der Waals surface area contributed by atoms with Crippen LogP contribution < -0.4 is 4.74 Å². The van der Waals surface area contributed by atoms with E-state index in [1.807, 2.05) is 6.92 Å². The maximum atomic E-state index is 14.2. The van der Waals surface area contributed by atoms with Crippen LogP contribution in [0.25, 0.3) is 0 Å². The van der Waals surface area contributed by atoms with Gasteiger partial charge in [0.05, 0.1) is 17.7 Å². The number of ether oxygens (including phenoxy) is 2. The van der Waals surface area contributed by atoms with E-state index in [1.54, 1.807) is 0 Å². The molecule has 0 aromatic heterocycles. The Kier molecular flexibility index (Phi) is 7.59. The maximum absolute atomic E-state index is 14.2. The highest BCUT2D eigenvalue weighted by Gasteiger charge is 2.39. The van der Waals surface area contributed by atoms with E-state index in [2.05, 4.69) is 0 Å². The van der Waals surface area contributed by atoms with Gasteiger partial charge in [-0.05, 0) is 43.4 Å². The topological polar surface area (TPSA) is 18.5 Å². The Morgan fingerprint density at radius 2 is 1.54 bits per heavy atom. The van der Waals surface area contributed by atoms with Crippen LogP contribution in [-0.4, -0.2) is 26.0 Å². The molecule has 0 heterocycles. The lowest BCUT2D eigenvalue weighted by Gasteiger charge is -2.22. The van der Waals surface area contributed by atoms with Gasteiger partial charge < -0.3 is 9.47 Å². The van der Waals surface area contributed by atoms with Crippen LogP contribution >= 0.6 is 0 Å². The fourth-order valence-electron chi connectivity index (χ4n) is 3.23. The van der Waals surface area contributed by atoms with E-state index in [0.717, 1.165) is 12.8 Å². The standard InChI is InChI=1S/C19H23F7O2/c1-2-3-6-27-10-12-4-5-17(20)16(12)11-28-15-8-13(18(21,22)23)7-14(9-15)19(24,25)26/h7-9,12,16-17H,2-6,10-11H2,1H3/t12-,16-,17?/m1/s1. The van der Waals surface area contributed by atoms with Crippen LogP contribution in [0.2, 0.25) is 0 Å². The molecule has 9 heteroatoms. The summed E-state index contributed by atoms with van der Waals surface area (Å²) in [6, 6.07) is 1.04. The molecule has 0 bridgehead atoms. The summed E-state index contributed by atoms with van der Waals surface area (Å²) in [6.07, 6.45) is -8.52. The Hall–Kier alpha value is -1.51. The number of alkyl halides is 7. The number of rotatable bonds is 8. The molecule has 3 atom stereocenters. The highest BCUT2D eigenvalue weighted by Crippen LogP contribution is 2.39. The minimum Gasteiger partial charge on any atom is -0.493 e. The lowest BCUT2D eigenvalue weighted by molar-refractivity contribution is -0.143. The largest absolute Gasteiger partial charge is 0.493 e. The van der Waals surface area contributed by atoms with Crippen LogP contribution in [0.15, 0.2) is 18.2 Å². The third-order valence-corrected chi connectivity index (χ3v) is 4.86. The van der Waals surface area contributed by atoms with E-state index in [0.29, 0.717) is 31.8 Å². The monoisotopic (exact) mass is 416 g/mol. The molecule has 1 unspecified atom stereocenters. The Morgan fingerprint density at radius 3 is 2.07 bits per heavy atom. The second kappa shape index (κ2) is 9.33. The lowest BCUT2D eigenvalue weighted by atomic mass is 9.97. The van der Waals surface area contributed by atoms with E-state index >= 15 is 0 Å². The zero-order valence-corrected chi connectivity index (χ0v) is 15.4. The lowest BCUT2D eigenvalue weighted by Crippen LogP contribution is -2.26. The average Bonchev–Trinajstić information content (AvgIpc) is 2.95. The molecule has 1 saturated carbocycles. The molecular formula is C19H23F7O2. The van der Waals surface area contributed by atoms with Crippen molar-refractivity contribution < 1.29 is 40.2 Å². The van der Waals surface area contributed by atoms with Crippen LogP contribution in [0, 0.1) is 11.8 Å². The van der Waals surface area contributed by atoms with Crippen molar-refractivity contribution in [2.24, 2.45) is 11.8 Å². The smallest absolute Gasteiger partial charge is 0.416 e. The molecule has 0 saturated heterocycles. The predicted molar refractivity (Wildman–Crippen MR) is 88.8 cm³/mol. The SMILES string of the molecule is CCCCOC[C@H]1CCC(F)[C@@H]1COc1cc(C(F)(F)F)cc(C(F)(F)F)c1. The molecule has 0 spiro atoms. The molecular weight excluding hydrogens is 393 g/mol. The number of unbranched alkanes of at least 4 members (excludes halogenated alkanes) is 1. The van der Waals surface area contributed by atoms with Crippen molar-refractivity contribution in [2.45, 2.75) is 51.1 Å². The van der Waals surface area contributed by atoms with Crippen molar-refractivity contribution in [3.8, 4) is 5.75 Å². The first-order valence-corrected chi connectivity index (χ1v) is 9.16. The summed E-state index contributed by atoms with van der Waals surface area (Å²) in [5.74, 6) is -1.39. The molecule has 28 heavy (non-hydrogen) atoms. The van der Waals surface area contributed by atoms with Crippen LogP contribution in [0.4, 0.5) is 30.7 Å². The van der Waals surface area contributed by atoms with Gasteiger partial charge in [0.25, 0.3) is 0 Å². The van der Waals surface area contributed by atoms with Gasteiger partial charge in [0, 0.05) is 19.1 Å². The van der Waals surface area contributed by atoms with Crippen molar-refractivity contribution in [2.75, 3.05) is 19.8 Å². The van der Waals surface area contributed by atoms with Gasteiger partial charge in [0.1, 0.15) is 11.9 Å². The zero-order chi connectivity index (χ0) is 20.9.